The highest BCUT2D eigenvalue weighted by Gasteiger charge is 2.33. The summed E-state index contributed by atoms with van der Waals surface area (Å²) in [6.07, 6.45) is 4.53. The number of nitrogens with zero attached hydrogens (tertiary/aromatic N) is 2. The second-order valence-electron chi connectivity index (χ2n) is 8.95. The van der Waals surface area contributed by atoms with Gasteiger partial charge >= 0.3 is 6.09 Å². The Morgan fingerprint density at radius 1 is 1.21 bits per heavy atom. The number of halogens is 1. The molecule has 1 unspecified atom stereocenters. The van der Waals surface area contributed by atoms with Crippen LogP contribution in [0.15, 0.2) is 22.7 Å². The van der Waals surface area contributed by atoms with E-state index in [4.69, 9.17) is 9.47 Å². The number of cyclic esters (lactones) is 1. The SMILES string of the molecule is CC(C)Oc1ccc(Br)c(CC2CCN(CCC3CN(C(C)C)C(=O)O3)CC2)c1. The zero-order chi connectivity index (χ0) is 21.0. The Kier molecular flexibility index (Phi) is 7.85. The maximum absolute atomic E-state index is 11.9. The van der Waals surface area contributed by atoms with Crippen LogP contribution in [0.4, 0.5) is 4.79 Å². The number of rotatable bonds is 8. The van der Waals surface area contributed by atoms with Gasteiger partial charge in [0.25, 0.3) is 0 Å². The van der Waals surface area contributed by atoms with Gasteiger partial charge in [0.15, 0.2) is 0 Å². The molecule has 2 saturated heterocycles. The lowest BCUT2D eigenvalue weighted by Crippen LogP contribution is -2.37. The molecule has 162 valence electrons. The van der Waals surface area contributed by atoms with Crippen molar-refractivity contribution in [3.8, 4) is 5.75 Å². The van der Waals surface area contributed by atoms with Gasteiger partial charge in [-0.25, -0.2) is 4.79 Å². The van der Waals surface area contributed by atoms with Crippen LogP contribution in [0.5, 0.6) is 5.75 Å². The number of carbonyl (C=O) groups excluding carboxylic acids is 1. The molecule has 1 amide bonds. The molecule has 2 aliphatic rings. The highest BCUT2D eigenvalue weighted by molar-refractivity contribution is 9.10. The van der Waals surface area contributed by atoms with Crippen molar-refractivity contribution in [3.05, 3.63) is 28.2 Å². The Morgan fingerprint density at radius 2 is 1.93 bits per heavy atom. The summed E-state index contributed by atoms with van der Waals surface area (Å²) in [6.45, 7) is 12.2. The van der Waals surface area contributed by atoms with Crippen LogP contribution in [-0.4, -0.2) is 60.3 Å². The fourth-order valence-corrected chi connectivity index (χ4v) is 4.63. The molecule has 1 aromatic carbocycles. The molecule has 0 bridgehead atoms. The molecule has 2 aliphatic heterocycles. The number of hydrogen-bond acceptors (Lipinski definition) is 4. The zero-order valence-corrected chi connectivity index (χ0v) is 19.8. The van der Waals surface area contributed by atoms with Crippen LogP contribution in [0.2, 0.25) is 0 Å². The van der Waals surface area contributed by atoms with Crippen LogP contribution in [0, 0.1) is 5.92 Å². The Hall–Kier alpha value is -1.27. The van der Waals surface area contributed by atoms with E-state index in [9.17, 15) is 4.79 Å². The Bertz CT molecular complexity index is 687. The Morgan fingerprint density at radius 3 is 2.55 bits per heavy atom. The molecule has 29 heavy (non-hydrogen) atoms. The van der Waals surface area contributed by atoms with Crippen LogP contribution in [0.3, 0.4) is 0 Å². The smallest absolute Gasteiger partial charge is 0.410 e. The van der Waals surface area contributed by atoms with Crippen LogP contribution in [0.25, 0.3) is 0 Å². The van der Waals surface area contributed by atoms with Gasteiger partial charge in [0.05, 0.1) is 12.6 Å². The quantitative estimate of drug-likeness (QED) is 0.533. The van der Waals surface area contributed by atoms with E-state index in [0.29, 0.717) is 5.92 Å². The van der Waals surface area contributed by atoms with Crippen LogP contribution < -0.4 is 4.74 Å². The highest BCUT2D eigenvalue weighted by Crippen LogP contribution is 2.29. The third-order valence-electron chi connectivity index (χ3n) is 5.90. The van der Waals surface area contributed by atoms with E-state index in [0.717, 1.165) is 44.8 Å². The third-order valence-corrected chi connectivity index (χ3v) is 6.67. The average molecular weight is 467 g/mol. The van der Waals surface area contributed by atoms with E-state index in [-0.39, 0.29) is 24.3 Å². The molecule has 2 fully saturated rings. The summed E-state index contributed by atoms with van der Waals surface area (Å²) in [6, 6.07) is 6.54. The minimum absolute atomic E-state index is 0.0438. The predicted octanol–water partition coefficient (Wildman–Crippen LogP) is 5.11. The standard InChI is InChI=1S/C23H35BrN2O3/c1-16(2)26-15-21(29-23(26)27)9-12-25-10-7-18(8-11-25)13-19-14-20(28-17(3)4)5-6-22(19)24/h5-6,14,16-18,21H,7-13,15H2,1-4H3. The number of likely N-dealkylation sites (tertiary alicyclic amines) is 1. The van der Waals surface area contributed by atoms with E-state index in [1.165, 1.54) is 22.9 Å². The lowest BCUT2D eigenvalue weighted by atomic mass is 9.90. The maximum Gasteiger partial charge on any atom is 0.410 e. The molecule has 0 aromatic heterocycles. The van der Waals surface area contributed by atoms with Gasteiger partial charge in [-0.1, -0.05) is 15.9 Å². The minimum atomic E-state index is -0.155. The largest absolute Gasteiger partial charge is 0.491 e. The van der Waals surface area contributed by atoms with E-state index in [1.807, 2.05) is 24.8 Å². The van der Waals surface area contributed by atoms with Gasteiger partial charge in [0, 0.05) is 17.1 Å². The summed E-state index contributed by atoms with van der Waals surface area (Å²) in [5.74, 6) is 1.66. The number of amides is 1. The Labute approximate surface area is 183 Å². The van der Waals surface area contributed by atoms with Crippen molar-refractivity contribution in [2.75, 3.05) is 26.2 Å². The molecular formula is C23H35BrN2O3. The summed E-state index contributed by atoms with van der Waals surface area (Å²) >= 11 is 3.71. The van der Waals surface area contributed by atoms with Gasteiger partial charge in [-0.3, -0.25) is 0 Å². The molecule has 6 heteroatoms. The molecular weight excluding hydrogens is 432 g/mol. The second-order valence-corrected chi connectivity index (χ2v) is 9.80. The molecule has 0 aliphatic carbocycles. The van der Waals surface area contributed by atoms with Crippen molar-refractivity contribution in [3.63, 3.8) is 0 Å². The third kappa shape index (κ3) is 6.35. The molecule has 1 aromatic rings. The molecule has 5 nitrogen and oxygen atoms in total. The fourth-order valence-electron chi connectivity index (χ4n) is 4.22. The summed E-state index contributed by atoms with van der Waals surface area (Å²) in [4.78, 5) is 16.2. The first-order chi connectivity index (χ1) is 13.8. The van der Waals surface area contributed by atoms with Crippen LogP contribution >= 0.6 is 15.9 Å². The summed E-state index contributed by atoms with van der Waals surface area (Å²) in [5, 5.41) is 0. The molecule has 0 saturated carbocycles. The van der Waals surface area contributed by atoms with E-state index in [1.54, 1.807) is 0 Å². The van der Waals surface area contributed by atoms with E-state index < -0.39 is 0 Å². The number of ether oxygens (including phenoxy) is 2. The van der Waals surface area contributed by atoms with Crippen molar-refractivity contribution >= 4 is 22.0 Å². The molecule has 3 rings (SSSR count). The average Bonchev–Trinajstić information content (AvgIpc) is 3.04. The Balaban J connectivity index is 1.42. The van der Waals surface area contributed by atoms with Crippen molar-refractivity contribution in [2.45, 2.75) is 71.6 Å². The molecule has 0 spiro atoms. The summed E-state index contributed by atoms with van der Waals surface area (Å²) in [5.41, 5.74) is 1.34. The number of carbonyl (C=O) groups is 1. The lowest BCUT2D eigenvalue weighted by Gasteiger charge is -2.32. The normalized spacial score (nSPS) is 21.3. The zero-order valence-electron chi connectivity index (χ0n) is 18.2. The highest BCUT2D eigenvalue weighted by atomic mass is 79.9. The maximum atomic E-state index is 11.9. The summed E-state index contributed by atoms with van der Waals surface area (Å²) < 4.78 is 12.6. The first-order valence-electron chi connectivity index (χ1n) is 11.0. The number of piperidine rings is 1. The van der Waals surface area contributed by atoms with Gasteiger partial charge in [-0.2, -0.15) is 0 Å². The van der Waals surface area contributed by atoms with E-state index >= 15 is 0 Å². The van der Waals surface area contributed by atoms with Gasteiger partial charge in [-0.05, 0) is 96.1 Å². The minimum Gasteiger partial charge on any atom is -0.491 e. The fraction of sp³-hybridized carbons (Fsp3) is 0.696. The van der Waals surface area contributed by atoms with E-state index in [2.05, 4.69) is 46.8 Å². The van der Waals surface area contributed by atoms with Gasteiger partial charge in [0.2, 0.25) is 0 Å². The predicted molar refractivity (Wildman–Crippen MR) is 120 cm³/mol. The molecule has 0 radical (unpaired) electrons. The number of hydrogen-bond donors (Lipinski definition) is 0. The molecule has 2 heterocycles. The van der Waals surface area contributed by atoms with Crippen LogP contribution in [0.1, 0.15) is 52.5 Å². The van der Waals surface area contributed by atoms with Gasteiger partial charge in [-0.15, -0.1) is 0 Å². The van der Waals surface area contributed by atoms with Gasteiger partial charge in [0.1, 0.15) is 11.9 Å². The van der Waals surface area contributed by atoms with Crippen molar-refractivity contribution in [1.82, 2.24) is 9.80 Å². The second kappa shape index (κ2) is 10.2. The number of benzene rings is 1. The van der Waals surface area contributed by atoms with Crippen molar-refractivity contribution < 1.29 is 14.3 Å². The first-order valence-corrected chi connectivity index (χ1v) is 11.8. The molecule has 1 atom stereocenters. The summed E-state index contributed by atoms with van der Waals surface area (Å²) in [7, 11) is 0. The lowest BCUT2D eigenvalue weighted by molar-refractivity contribution is 0.112. The van der Waals surface area contributed by atoms with Crippen LogP contribution in [-0.2, 0) is 11.2 Å². The molecule has 0 N–H and O–H groups in total. The monoisotopic (exact) mass is 466 g/mol. The topological polar surface area (TPSA) is 42.0 Å². The van der Waals surface area contributed by atoms with Crippen molar-refractivity contribution in [1.29, 1.82) is 0 Å². The van der Waals surface area contributed by atoms with Gasteiger partial charge < -0.3 is 19.3 Å². The first kappa shape index (κ1) is 22.4. The van der Waals surface area contributed by atoms with Crippen molar-refractivity contribution in [2.24, 2.45) is 5.92 Å².